The van der Waals surface area contributed by atoms with Crippen molar-refractivity contribution in [1.82, 2.24) is 10.1 Å². The van der Waals surface area contributed by atoms with E-state index in [1.165, 1.54) is 0 Å². The summed E-state index contributed by atoms with van der Waals surface area (Å²) < 4.78 is 10.7. The van der Waals surface area contributed by atoms with Crippen molar-refractivity contribution in [3.63, 3.8) is 0 Å². The van der Waals surface area contributed by atoms with Crippen molar-refractivity contribution in [3.05, 3.63) is 30.0 Å². The summed E-state index contributed by atoms with van der Waals surface area (Å²) in [6.45, 7) is 4.22. The second kappa shape index (κ2) is 6.41. The summed E-state index contributed by atoms with van der Waals surface area (Å²) in [5, 5.41) is 4.96. The van der Waals surface area contributed by atoms with E-state index < -0.39 is 5.41 Å². The lowest BCUT2D eigenvalue weighted by molar-refractivity contribution is -0.158. The van der Waals surface area contributed by atoms with Crippen LogP contribution >= 0.6 is 0 Å². The van der Waals surface area contributed by atoms with E-state index in [0.29, 0.717) is 30.7 Å². The van der Waals surface area contributed by atoms with Crippen molar-refractivity contribution in [2.75, 3.05) is 6.61 Å². The summed E-state index contributed by atoms with van der Waals surface area (Å²) in [4.78, 5) is 27.7. The first-order valence-electron chi connectivity index (χ1n) is 9.42. The molecule has 2 bridgehead atoms. The van der Waals surface area contributed by atoms with Crippen molar-refractivity contribution in [3.8, 4) is 0 Å². The monoisotopic (exact) mass is 356 g/mol. The van der Waals surface area contributed by atoms with E-state index in [-0.39, 0.29) is 30.4 Å². The smallest absolute Gasteiger partial charge is 0.314 e. The highest BCUT2D eigenvalue weighted by Crippen LogP contribution is 2.52. The molecule has 2 fully saturated rings. The third-order valence-corrected chi connectivity index (χ3v) is 6.11. The van der Waals surface area contributed by atoms with Gasteiger partial charge < -0.3 is 14.2 Å². The number of para-hydroxylation sites is 1. The van der Waals surface area contributed by atoms with E-state index in [0.717, 1.165) is 18.2 Å². The molecule has 1 amide bonds. The number of amides is 1. The summed E-state index contributed by atoms with van der Waals surface area (Å²) >= 11 is 0. The number of nitrogens with zero attached hydrogens (tertiary/aromatic N) is 2. The molecule has 0 radical (unpaired) electrons. The van der Waals surface area contributed by atoms with Crippen LogP contribution in [0.25, 0.3) is 11.0 Å². The molecule has 0 N–H and O–H groups in total. The largest absolute Gasteiger partial charge is 0.466 e. The molecule has 0 unspecified atom stereocenters. The lowest BCUT2D eigenvalue weighted by Crippen LogP contribution is -2.46. The zero-order valence-electron chi connectivity index (χ0n) is 15.2. The van der Waals surface area contributed by atoms with Gasteiger partial charge in [0.1, 0.15) is 5.69 Å². The number of esters is 1. The Hall–Kier alpha value is -2.37. The number of ether oxygens (including phenoxy) is 1. The summed E-state index contributed by atoms with van der Waals surface area (Å²) in [6, 6.07) is 7.61. The van der Waals surface area contributed by atoms with Crippen LogP contribution in [0.5, 0.6) is 0 Å². The Kier molecular flexibility index (Phi) is 4.21. The summed E-state index contributed by atoms with van der Waals surface area (Å²) in [5.74, 6) is -0.129. The fourth-order valence-electron chi connectivity index (χ4n) is 4.88. The van der Waals surface area contributed by atoms with Crippen molar-refractivity contribution < 1.29 is 18.8 Å². The van der Waals surface area contributed by atoms with Crippen LogP contribution in [-0.2, 0) is 20.7 Å². The van der Waals surface area contributed by atoms with Crippen LogP contribution in [0.2, 0.25) is 0 Å². The van der Waals surface area contributed by atoms with Gasteiger partial charge in [-0.15, -0.1) is 0 Å². The Bertz CT molecular complexity index is 845. The van der Waals surface area contributed by atoms with Crippen LogP contribution in [0.4, 0.5) is 0 Å². The molecule has 2 aliphatic rings. The van der Waals surface area contributed by atoms with Gasteiger partial charge in [-0.3, -0.25) is 9.59 Å². The highest BCUT2D eigenvalue weighted by Gasteiger charge is 2.60. The maximum absolute atomic E-state index is 13.1. The zero-order chi connectivity index (χ0) is 18.3. The van der Waals surface area contributed by atoms with Crippen molar-refractivity contribution in [2.45, 2.75) is 58.0 Å². The average Bonchev–Trinajstić information content (AvgIpc) is 3.34. The average molecular weight is 356 g/mol. The first-order valence-corrected chi connectivity index (χ1v) is 9.42. The second-order valence-corrected chi connectivity index (χ2v) is 7.28. The Morgan fingerprint density at radius 3 is 2.88 bits per heavy atom. The topological polar surface area (TPSA) is 72.6 Å². The third kappa shape index (κ3) is 2.42. The number of aromatic nitrogens is 1. The van der Waals surface area contributed by atoms with E-state index in [1.54, 1.807) is 0 Å². The number of hydrogen-bond acceptors (Lipinski definition) is 5. The second-order valence-electron chi connectivity index (χ2n) is 7.28. The Balaban J connectivity index is 1.58. The van der Waals surface area contributed by atoms with Crippen LogP contribution in [0, 0.1) is 5.41 Å². The predicted molar refractivity (Wildman–Crippen MR) is 95.3 cm³/mol. The van der Waals surface area contributed by atoms with Gasteiger partial charge in [0.05, 0.1) is 18.4 Å². The van der Waals surface area contributed by atoms with Gasteiger partial charge in [-0.2, -0.15) is 0 Å². The molecule has 6 nitrogen and oxygen atoms in total. The number of hydrogen-bond donors (Lipinski definition) is 0. The molecule has 2 saturated heterocycles. The highest BCUT2D eigenvalue weighted by atomic mass is 16.5. The molecule has 6 heteroatoms. The number of fused-ring (bicyclic) bond motifs is 3. The zero-order valence-corrected chi connectivity index (χ0v) is 15.2. The first-order chi connectivity index (χ1) is 12.6. The van der Waals surface area contributed by atoms with Crippen LogP contribution in [0.15, 0.2) is 28.8 Å². The van der Waals surface area contributed by atoms with E-state index >= 15 is 0 Å². The minimum atomic E-state index is -0.555. The molecular formula is C20H24N2O4. The van der Waals surface area contributed by atoms with Gasteiger partial charge in [0.25, 0.3) is 0 Å². The van der Waals surface area contributed by atoms with Gasteiger partial charge in [-0.1, -0.05) is 24.2 Å². The Labute approximate surface area is 152 Å². The SMILES string of the molecule is CCOC(=O)[C@@]1(CC)C[C@H]2CC[C@@H]1N2C(=O)Cc1noc2ccccc12. The number of carbonyl (C=O) groups excluding carboxylic acids is 2. The van der Waals surface area contributed by atoms with E-state index in [1.807, 2.05) is 43.0 Å². The molecule has 0 aliphatic carbocycles. The van der Waals surface area contributed by atoms with Crippen molar-refractivity contribution >= 4 is 22.8 Å². The molecule has 26 heavy (non-hydrogen) atoms. The lowest BCUT2D eigenvalue weighted by Gasteiger charge is -2.34. The summed E-state index contributed by atoms with van der Waals surface area (Å²) in [6.07, 6.45) is 3.42. The van der Waals surface area contributed by atoms with Gasteiger partial charge >= 0.3 is 5.97 Å². The van der Waals surface area contributed by atoms with Crippen LogP contribution in [0.1, 0.15) is 45.2 Å². The van der Waals surface area contributed by atoms with Crippen molar-refractivity contribution in [2.24, 2.45) is 5.41 Å². The third-order valence-electron chi connectivity index (χ3n) is 6.11. The molecule has 138 valence electrons. The van der Waals surface area contributed by atoms with E-state index in [9.17, 15) is 9.59 Å². The maximum Gasteiger partial charge on any atom is 0.314 e. The molecule has 0 saturated carbocycles. The van der Waals surface area contributed by atoms with E-state index in [2.05, 4.69) is 5.16 Å². The standard InChI is InChI=1S/C20H24N2O4/c1-3-20(19(24)25-4-2)12-13-9-10-17(20)22(13)18(23)11-15-14-7-5-6-8-16(14)26-21-15/h5-8,13,17H,3-4,9-12H2,1-2H3/t13-,17+,20+/m1/s1. The predicted octanol–water partition coefficient (Wildman–Crippen LogP) is 3.09. The van der Waals surface area contributed by atoms with Gasteiger partial charge in [0.2, 0.25) is 5.91 Å². The van der Waals surface area contributed by atoms with Gasteiger partial charge in [-0.05, 0) is 44.7 Å². The molecule has 3 heterocycles. The fraction of sp³-hybridized carbons (Fsp3) is 0.550. The lowest BCUT2D eigenvalue weighted by atomic mass is 9.72. The molecule has 0 spiro atoms. The van der Waals surface area contributed by atoms with Gasteiger partial charge in [0.15, 0.2) is 5.58 Å². The quantitative estimate of drug-likeness (QED) is 0.770. The number of rotatable bonds is 5. The fourth-order valence-corrected chi connectivity index (χ4v) is 4.88. The highest BCUT2D eigenvalue weighted by molar-refractivity contribution is 5.88. The number of benzene rings is 1. The Morgan fingerprint density at radius 2 is 2.12 bits per heavy atom. The molecule has 4 rings (SSSR count). The van der Waals surface area contributed by atoms with Crippen LogP contribution in [-0.4, -0.2) is 40.6 Å². The molecule has 1 aromatic heterocycles. The molecule has 2 aromatic rings. The maximum atomic E-state index is 13.1. The molecule has 3 atom stereocenters. The minimum absolute atomic E-state index is 0.0242. The molecule has 1 aromatic carbocycles. The normalized spacial score (nSPS) is 27.2. The Morgan fingerprint density at radius 1 is 1.31 bits per heavy atom. The minimum Gasteiger partial charge on any atom is -0.466 e. The van der Waals surface area contributed by atoms with Crippen molar-refractivity contribution in [1.29, 1.82) is 0 Å². The first kappa shape index (κ1) is 17.1. The van der Waals surface area contributed by atoms with Crippen LogP contribution in [0.3, 0.4) is 0 Å². The number of carbonyl (C=O) groups is 2. The molecular weight excluding hydrogens is 332 g/mol. The van der Waals surface area contributed by atoms with Gasteiger partial charge in [0, 0.05) is 17.5 Å². The van der Waals surface area contributed by atoms with Gasteiger partial charge in [-0.25, -0.2) is 0 Å². The van der Waals surface area contributed by atoms with E-state index in [4.69, 9.17) is 9.26 Å². The molecule has 2 aliphatic heterocycles. The summed E-state index contributed by atoms with van der Waals surface area (Å²) in [5.41, 5.74) is 0.796. The van der Waals surface area contributed by atoms with Crippen LogP contribution < -0.4 is 0 Å². The summed E-state index contributed by atoms with van der Waals surface area (Å²) in [7, 11) is 0.